The molecule has 17 heavy (non-hydrogen) atoms. The van der Waals surface area contributed by atoms with Gasteiger partial charge in [0, 0.05) is 18.8 Å². The zero-order valence-electron chi connectivity index (χ0n) is 10.9. The highest BCUT2D eigenvalue weighted by Gasteiger charge is 2.12. The number of anilines is 1. The Hall–Kier alpha value is -1.06. The zero-order chi connectivity index (χ0) is 12.7. The molecule has 0 aliphatic carbocycles. The van der Waals surface area contributed by atoms with Gasteiger partial charge in [-0.15, -0.1) is 0 Å². The first-order chi connectivity index (χ1) is 8.31. The van der Waals surface area contributed by atoms with Gasteiger partial charge in [-0.25, -0.2) is 0 Å². The summed E-state index contributed by atoms with van der Waals surface area (Å²) >= 11 is 0. The van der Waals surface area contributed by atoms with Crippen LogP contribution in [0.25, 0.3) is 0 Å². The van der Waals surface area contributed by atoms with Gasteiger partial charge in [0.1, 0.15) is 0 Å². The van der Waals surface area contributed by atoms with E-state index in [0.717, 1.165) is 18.7 Å². The summed E-state index contributed by atoms with van der Waals surface area (Å²) in [6, 6.07) is 7.95. The summed E-state index contributed by atoms with van der Waals surface area (Å²) in [5.74, 6) is 0. The summed E-state index contributed by atoms with van der Waals surface area (Å²) < 4.78 is 0. The van der Waals surface area contributed by atoms with Gasteiger partial charge in [0.15, 0.2) is 0 Å². The van der Waals surface area contributed by atoms with Crippen LogP contribution in [0.3, 0.4) is 0 Å². The topological polar surface area (TPSA) is 49.5 Å². The first-order valence-corrected chi connectivity index (χ1v) is 6.52. The van der Waals surface area contributed by atoms with Crippen molar-refractivity contribution in [2.45, 2.75) is 32.7 Å². The van der Waals surface area contributed by atoms with E-state index in [9.17, 15) is 0 Å². The zero-order valence-corrected chi connectivity index (χ0v) is 10.9. The smallest absolute Gasteiger partial charge is 0.0624 e. The minimum absolute atomic E-state index is 0.00304. The molecule has 1 fully saturated rings. The van der Waals surface area contributed by atoms with E-state index in [1.807, 2.05) is 26.0 Å². The second-order valence-electron chi connectivity index (χ2n) is 4.07. The molecule has 0 amide bonds. The number of aliphatic hydroxyl groups excluding tert-OH is 1. The maximum atomic E-state index is 8.93. The molecule has 2 rings (SSSR count). The SMILES string of the molecule is CC.NC(CO)c1ccc(N2CCCC2)cc1. The molecule has 1 aromatic rings. The molecule has 3 nitrogen and oxygen atoms in total. The third-order valence-corrected chi connectivity index (χ3v) is 2.99. The van der Waals surface area contributed by atoms with Crippen LogP contribution >= 0.6 is 0 Å². The average molecular weight is 236 g/mol. The number of benzene rings is 1. The standard InChI is InChI=1S/C12H18N2O.C2H6/c13-12(9-15)10-3-5-11(6-4-10)14-7-1-2-8-14;1-2/h3-6,12,15H,1-2,7-9,13H2;1-2H3. The van der Waals surface area contributed by atoms with Crippen LogP contribution in [0, 0.1) is 0 Å². The predicted octanol–water partition coefficient (Wildman–Crippen LogP) is 2.31. The van der Waals surface area contributed by atoms with Gasteiger partial charge in [-0.3, -0.25) is 0 Å². The maximum absolute atomic E-state index is 8.93. The minimum atomic E-state index is -0.252. The highest BCUT2D eigenvalue weighted by molar-refractivity contribution is 5.48. The molecular weight excluding hydrogens is 212 g/mol. The van der Waals surface area contributed by atoms with Gasteiger partial charge in [0.05, 0.1) is 12.6 Å². The molecule has 1 aliphatic rings. The van der Waals surface area contributed by atoms with E-state index in [2.05, 4.69) is 17.0 Å². The molecule has 0 radical (unpaired) electrons. The van der Waals surface area contributed by atoms with E-state index in [0.29, 0.717) is 0 Å². The molecule has 1 unspecified atom stereocenters. The second-order valence-corrected chi connectivity index (χ2v) is 4.07. The molecule has 1 saturated heterocycles. The van der Waals surface area contributed by atoms with E-state index < -0.39 is 0 Å². The Kier molecular flexibility index (Phi) is 6.01. The van der Waals surface area contributed by atoms with Gasteiger partial charge in [0.2, 0.25) is 0 Å². The predicted molar refractivity (Wildman–Crippen MR) is 73.3 cm³/mol. The summed E-state index contributed by atoms with van der Waals surface area (Å²) in [5, 5.41) is 8.93. The van der Waals surface area contributed by atoms with Crippen LogP contribution < -0.4 is 10.6 Å². The van der Waals surface area contributed by atoms with Crippen molar-refractivity contribution in [3.8, 4) is 0 Å². The second kappa shape index (κ2) is 7.30. The van der Waals surface area contributed by atoms with Crippen molar-refractivity contribution in [3.05, 3.63) is 29.8 Å². The van der Waals surface area contributed by atoms with Crippen LogP contribution in [0.1, 0.15) is 38.3 Å². The molecule has 3 N–H and O–H groups in total. The van der Waals surface area contributed by atoms with Gasteiger partial charge < -0.3 is 15.7 Å². The highest BCUT2D eigenvalue weighted by Crippen LogP contribution is 2.21. The van der Waals surface area contributed by atoms with E-state index >= 15 is 0 Å². The lowest BCUT2D eigenvalue weighted by Crippen LogP contribution is -2.18. The Labute approximate surface area is 104 Å². The molecule has 1 aromatic carbocycles. The number of nitrogens with two attached hydrogens (primary N) is 1. The molecular formula is C14H24N2O. The van der Waals surface area contributed by atoms with Gasteiger partial charge in [0.25, 0.3) is 0 Å². The molecule has 0 spiro atoms. The van der Waals surface area contributed by atoms with Gasteiger partial charge in [-0.2, -0.15) is 0 Å². The monoisotopic (exact) mass is 236 g/mol. The third-order valence-electron chi connectivity index (χ3n) is 2.99. The van der Waals surface area contributed by atoms with Crippen LogP contribution in [0.2, 0.25) is 0 Å². The van der Waals surface area contributed by atoms with Crippen LogP contribution in [-0.4, -0.2) is 24.8 Å². The van der Waals surface area contributed by atoms with Crippen molar-refractivity contribution >= 4 is 5.69 Å². The van der Waals surface area contributed by atoms with Gasteiger partial charge >= 0.3 is 0 Å². The minimum Gasteiger partial charge on any atom is -0.394 e. The number of aliphatic hydroxyl groups is 1. The molecule has 1 atom stereocenters. The Morgan fingerprint density at radius 2 is 1.71 bits per heavy atom. The van der Waals surface area contributed by atoms with Crippen LogP contribution in [0.5, 0.6) is 0 Å². The van der Waals surface area contributed by atoms with Gasteiger partial charge in [-0.1, -0.05) is 26.0 Å². The maximum Gasteiger partial charge on any atom is 0.0624 e. The number of nitrogens with zero attached hydrogens (tertiary/aromatic N) is 1. The van der Waals surface area contributed by atoms with Crippen molar-refractivity contribution in [2.75, 3.05) is 24.6 Å². The lowest BCUT2D eigenvalue weighted by molar-refractivity contribution is 0.268. The molecule has 3 heteroatoms. The Morgan fingerprint density at radius 1 is 1.18 bits per heavy atom. The molecule has 0 saturated carbocycles. The number of rotatable bonds is 3. The summed E-state index contributed by atoms with van der Waals surface area (Å²) in [6.07, 6.45) is 2.58. The molecule has 1 aliphatic heterocycles. The number of hydrogen-bond donors (Lipinski definition) is 2. The van der Waals surface area contributed by atoms with E-state index in [1.165, 1.54) is 18.5 Å². The summed E-state index contributed by atoms with van der Waals surface area (Å²) in [5.41, 5.74) is 8.00. The number of hydrogen-bond acceptors (Lipinski definition) is 3. The fraction of sp³-hybridized carbons (Fsp3) is 0.571. The largest absolute Gasteiger partial charge is 0.394 e. The normalized spacial score (nSPS) is 16.4. The third kappa shape index (κ3) is 3.72. The van der Waals surface area contributed by atoms with Crippen molar-refractivity contribution < 1.29 is 5.11 Å². The highest BCUT2D eigenvalue weighted by atomic mass is 16.3. The van der Waals surface area contributed by atoms with E-state index in [1.54, 1.807) is 0 Å². The van der Waals surface area contributed by atoms with Crippen LogP contribution in [-0.2, 0) is 0 Å². The van der Waals surface area contributed by atoms with Crippen molar-refractivity contribution in [2.24, 2.45) is 5.73 Å². The Morgan fingerprint density at radius 3 is 2.18 bits per heavy atom. The lowest BCUT2D eigenvalue weighted by Gasteiger charge is -2.18. The summed E-state index contributed by atoms with van der Waals surface area (Å²) in [7, 11) is 0. The van der Waals surface area contributed by atoms with Crippen molar-refractivity contribution in [1.82, 2.24) is 0 Å². The summed E-state index contributed by atoms with van der Waals surface area (Å²) in [6.45, 7) is 6.32. The van der Waals surface area contributed by atoms with Crippen molar-refractivity contribution in [1.29, 1.82) is 0 Å². The molecule has 0 aromatic heterocycles. The van der Waals surface area contributed by atoms with Crippen LogP contribution in [0.4, 0.5) is 5.69 Å². The Balaban J connectivity index is 0.000000686. The Bertz CT molecular complexity index is 305. The summed E-state index contributed by atoms with van der Waals surface area (Å²) in [4.78, 5) is 2.38. The van der Waals surface area contributed by atoms with E-state index in [4.69, 9.17) is 10.8 Å². The first-order valence-electron chi connectivity index (χ1n) is 6.52. The molecule has 1 heterocycles. The first kappa shape index (κ1) is 14.0. The average Bonchev–Trinajstić information content (AvgIpc) is 2.94. The van der Waals surface area contributed by atoms with Crippen LogP contribution in [0.15, 0.2) is 24.3 Å². The lowest BCUT2D eigenvalue weighted by atomic mass is 10.1. The molecule has 96 valence electrons. The van der Waals surface area contributed by atoms with Crippen molar-refractivity contribution in [3.63, 3.8) is 0 Å². The van der Waals surface area contributed by atoms with E-state index in [-0.39, 0.29) is 12.6 Å². The molecule has 0 bridgehead atoms. The van der Waals surface area contributed by atoms with Gasteiger partial charge in [-0.05, 0) is 30.5 Å². The fourth-order valence-corrected chi connectivity index (χ4v) is 2.01. The quantitative estimate of drug-likeness (QED) is 0.846. The fourth-order valence-electron chi connectivity index (χ4n) is 2.01.